The molecule has 2 heterocycles. The molecule has 0 spiro atoms. The van der Waals surface area contributed by atoms with Crippen LogP contribution in [0.3, 0.4) is 0 Å². The molecule has 0 bridgehead atoms. The highest BCUT2D eigenvalue weighted by molar-refractivity contribution is 9.10. The van der Waals surface area contributed by atoms with E-state index >= 15 is 0 Å². The van der Waals surface area contributed by atoms with Crippen LogP contribution in [0.5, 0.6) is 0 Å². The average Bonchev–Trinajstić information content (AvgIpc) is 3.25. The molecular formula is C49H35Br2N5. The Morgan fingerprint density at radius 1 is 0.375 bits per heavy atom. The number of nitrogens with zero attached hydrogens (tertiary/aromatic N) is 4. The molecule has 5 nitrogen and oxygen atoms in total. The number of fused-ring (bicyclic) bond motifs is 4. The van der Waals surface area contributed by atoms with E-state index in [1.54, 1.807) is 0 Å². The maximum absolute atomic E-state index is 3.61. The summed E-state index contributed by atoms with van der Waals surface area (Å²) in [6.45, 7) is 0.727. The molecule has 2 aliphatic heterocycles. The van der Waals surface area contributed by atoms with E-state index in [2.05, 4.69) is 251 Å². The van der Waals surface area contributed by atoms with Crippen molar-refractivity contribution in [1.29, 1.82) is 0 Å². The second-order valence-corrected chi connectivity index (χ2v) is 15.7. The quantitative estimate of drug-likeness (QED) is 0.172. The number of benzene rings is 8. The topological polar surface area (TPSA) is 25.0 Å². The second-order valence-electron chi connectivity index (χ2n) is 13.9. The zero-order chi connectivity index (χ0) is 37.6. The van der Waals surface area contributed by atoms with Crippen molar-refractivity contribution in [3.05, 3.63) is 209 Å². The number of hydrogen-bond donors (Lipinski definition) is 1. The van der Waals surface area contributed by atoms with Crippen molar-refractivity contribution < 1.29 is 0 Å². The molecule has 56 heavy (non-hydrogen) atoms. The van der Waals surface area contributed by atoms with Crippen molar-refractivity contribution in [2.45, 2.75) is 6.54 Å². The van der Waals surface area contributed by atoms with Gasteiger partial charge in [-0.2, -0.15) is 0 Å². The van der Waals surface area contributed by atoms with Crippen molar-refractivity contribution >= 4 is 106 Å². The van der Waals surface area contributed by atoms with Gasteiger partial charge in [0, 0.05) is 43.9 Å². The first-order chi connectivity index (χ1) is 27.6. The molecule has 7 heteroatoms. The van der Waals surface area contributed by atoms with Crippen LogP contribution in [-0.4, -0.2) is 0 Å². The van der Waals surface area contributed by atoms with Crippen LogP contribution in [0, 0.1) is 0 Å². The van der Waals surface area contributed by atoms with Gasteiger partial charge >= 0.3 is 0 Å². The van der Waals surface area contributed by atoms with Gasteiger partial charge in [0.05, 0.1) is 45.5 Å². The van der Waals surface area contributed by atoms with Crippen molar-refractivity contribution in [3.8, 4) is 0 Å². The lowest BCUT2D eigenvalue weighted by Crippen LogP contribution is -2.26. The van der Waals surface area contributed by atoms with Crippen LogP contribution in [0.15, 0.2) is 203 Å². The first-order valence-electron chi connectivity index (χ1n) is 18.6. The van der Waals surface area contributed by atoms with Crippen molar-refractivity contribution in [2.75, 3.05) is 24.9 Å². The third-order valence-electron chi connectivity index (χ3n) is 10.5. The lowest BCUT2D eigenvalue weighted by atomic mass is 10.0. The minimum Gasteiger partial charge on any atom is -0.352 e. The lowest BCUT2D eigenvalue weighted by molar-refractivity contribution is 0.956. The molecule has 0 radical (unpaired) electrons. The highest BCUT2D eigenvalue weighted by Gasteiger charge is 2.30. The Morgan fingerprint density at radius 2 is 0.732 bits per heavy atom. The van der Waals surface area contributed by atoms with Crippen molar-refractivity contribution in [3.63, 3.8) is 0 Å². The van der Waals surface area contributed by atoms with E-state index in [1.807, 2.05) is 0 Å². The molecule has 270 valence electrons. The standard InChI is InChI=1S/C49H35Br2N5/c50-35-19-25-37(26-20-35)54(38-27-21-36(51)22-28-38)39-29-31-41(32-30-39)56-48-15-7-5-13-46(48)53(47-14-6-8-16-49(47)56)33-34-17-23-40(24-18-34)55-44-11-3-1-9-42(44)52-43-10-2-4-12-45(43)55/h1-32,52H,33H2. The van der Waals surface area contributed by atoms with Crippen LogP contribution in [0.25, 0.3) is 0 Å². The number of nitrogens with one attached hydrogen (secondary N) is 1. The Balaban J connectivity index is 0.981. The van der Waals surface area contributed by atoms with Gasteiger partial charge in [-0.05, 0) is 139 Å². The van der Waals surface area contributed by atoms with Crippen LogP contribution in [0.2, 0.25) is 0 Å². The minimum absolute atomic E-state index is 0.727. The summed E-state index contributed by atoms with van der Waals surface area (Å²) in [7, 11) is 0. The molecule has 0 aliphatic carbocycles. The van der Waals surface area contributed by atoms with E-state index in [0.717, 1.165) is 89.4 Å². The van der Waals surface area contributed by atoms with E-state index in [-0.39, 0.29) is 0 Å². The minimum atomic E-state index is 0.727. The Labute approximate surface area is 344 Å². The van der Waals surface area contributed by atoms with Gasteiger partial charge < -0.3 is 24.9 Å². The fourth-order valence-electron chi connectivity index (χ4n) is 7.88. The Kier molecular flexibility index (Phi) is 8.81. The van der Waals surface area contributed by atoms with Gasteiger partial charge in [0.15, 0.2) is 0 Å². The van der Waals surface area contributed by atoms with Crippen LogP contribution in [-0.2, 0) is 6.54 Å². The van der Waals surface area contributed by atoms with Crippen LogP contribution < -0.4 is 24.9 Å². The predicted octanol–water partition coefficient (Wildman–Crippen LogP) is 15.3. The second kappa shape index (κ2) is 14.4. The molecule has 8 aromatic rings. The van der Waals surface area contributed by atoms with E-state index in [9.17, 15) is 0 Å². The molecule has 0 unspecified atom stereocenters. The van der Waals surface area contributed by atoms with Crippen LogP contribution >= 0.6 is 31.9 Å². The molecule has 0 saturated heterocycles. The summed E-state index contributed by atoms with van der Waals surface area (Å²) in [5.74, 6) is 0. The summed E-state index contributed by atoms with van der Waals surface area (Å²) in [5, 5.41) is 3.61. The van der Waals surface area contributed by atoms with Crippen molar-refractivity contribution in [1.82, 2.24) is 0 Å². The third-order valence-corrected chi connectivity index (χ3v) is 11.5. The van der Waals surface area contributed by atoms with Crippen LogP contribution in [0.1, 0.15) is 5.56 Å². The van der Waals surface area contributed by atoms with E-state index in [0.29, 0.717) is 0 Å². The molecule has 2 aliphatic rings. The average molecular weight is 854 g/mol. The zero-order valence-corrected chi connectivity index (χ0v) is 33.4. The monoisotopic (exact) mass is 851 g/mol. The summed E-state index contributed by atoms with van der Waals surface area (Å²) in [6, 6.07) is 69.3. The lowest BCUT2D eigenvalue weighted by Gasteiger charge is -2.40. The molecule has 0 atom stereocenters. The molecule has 10 rings (SSSR count). The fraction of sp³-hybridized carbons (Fsp3) is 0.0204. The van der Waals surface area contributed by atoms with E-state index < -0.39 is 0 Å². The van der Waals surface area contributed by atoms with Gasteiger partial charge in [-0.1, -0.05) is 92.5 Å². The Bertz CT molecular complexity index is 2540. The molecule has 1 N–H and O–H groups in total. The number of halogens is 2. The Hall–Kier alpha value is -6.28. The van der Waals surface area contributed by atoms with E-state index in [1.165, 1.54) is 5.56 Å². The van der Waals surface area contributed by atoms with Gasteiger partial charge in [-0.3, -0.25) is 0 Å². The molecular weight excluding hydrogens is 818 g/mol. The normalized spacial score (nSPS) is 12.6. The number of para-hydroxylation sites is 8. The molecule has 0 amide bonds. The Morgan fingerprint density at radius 3 is 1.20 bits per heavy atom. The molecule has 0 fully saturated rings. The first kappa shape index (κ1) is 34.2. The smallest absolute Gasteiger partial charge is 0.0699 e. The predicted molar refractivity (Wildman–Crippen MR) is 241 cm³/mol. The summed E-state index contributed by atoms with van der Waals surface area (Å²) in [6.07, 6.45) is 0. The molecule has 0 saturated carbocycles. The van der Waals surface area contributed by atoms with Gasteiger partial charge in [-0.15, -0.1) is 0 Å². The van der Waals surface area contributed by atoms with E-state index in [4.69, 9.17) is 0 Å². The highest BCUT2D eigenvalue weighted by Crippen LogP contribution is 2.52. The number of hydrogen-bond acceptors (Lipinski definition) is 5. The highest BCUT2D eigenvalue weighted by atomic mass is 79.9. The molecule has 8 aromatic carbocycles. The van der Waals surface area contributed by atoms with Gasteiger partial charge in [0.1, 0.15) is 0 Å². The zero-order valence-electron chi connectivity index (χ0n) is 30.2. The van der Waals surface area contributed by atoms with Crippen molar-refractivity contribution in [2.24, 2.45) is 0 Å². The first-order valence-corrected chi connectivity index (χ1v) is 20.2. The van der Waals surface area contributed by atoms with Crippen LogP contribution in [0.4, 0.5) is 73.9 Å². The summed E-state index contributed by atoms with van der Waals surface area (Å²) in [4.78, 5) is 9.46. The fourth-order valence-corrected chi connectivity index (χ4v) is 8.41. The summed E-state index contributed by atoms with van der Waals surface area (Å²) in [5.41, 5.74) is 15.8. The summed E-state index contributed by atoms with van der Waals surface area (Å²) >= 11 is 7.22. The number of anilines is 13. The maximum atomic E-state index is 3.61. The number of rotatable bonds is 7. The molecule has 0 aromatic heterocycles. The SMILES string of the molecule is Brc1ccc(N(c2ccc(Br)cc2)c2ccc(N3c4ccccc4N(Cc4ccc(N5c6ccccc6Nc6ccccc65)cc4)c4ccccc43)cc2)cc1. The van der Waals surface area contributed by atoms with Gasteiger partial charge in [-0.25, -0.2) is 0 Å². The maximum Gasteiger partial charge on any atom is 0.0699 e. The van der Waals surface area contributed by atoms with Gasteiger partial charge in [0.25, 0.3) is 0 Å². The largest absolute Gasteiger partial charge is 0.352 e. The summed E-state index contributed by atoms with van der Waals surface area (Å²) < 4.78 is 2.10. The third kappa shape index (κ3) is 6.19. The van der Waals surface area contributed by atoms with Gasteiger partial charge in [0.2, 0.25) is 0 Å².